The van der Waals surface area contributed by atoms with Gasteiger partial charge < -0.3 is 14.2 Å². The van der Waals surface area contributed by atoms with Crippen molar-refractivity contribution in [2.24, 2.45) is 0 Å². The summed E-state index contributed by atoms with van der Waals surface area (Å²) in [6, 6.07) is 0. The van der Waals surface area contributed by atoms with Crippen molar-refractivity contribution in [3.63, 3.8) is 0 Å². The Labute approximate surface area is 432 Å². The summed E-state index contributed by atoms with van der Waals surface area (Å²) < 4.78 is 16.8. The standard InChI is InChI=1S/C64H108O6/c1-4-7-10-13-16-19-22-24-26-28-30-31-32-33-35-36-38-40-42-45-48-51-54-57-63(66)69-60-61(59-68-62(65)56-53-50-47-44-21-18-15-12-9-6-3)70-64(67)58-55-52-49-46-43-41-39-37-34-29-27-25-23-20-17-14-11-8-5-2/h8,11-12,15,17,20,22,24-25,27-28,30,34,37,41,43,61H,4-7,9-10,13-14,16,18-19,21,23,26,29,31-33,35-36,38-40,42,44-60H2,1-3H3/b11-8-,15-12-,20-17-,24-22-,27-25-,30-28-,37-34-,43-41-. The van der Waals surface area contributed by atoms with Crippen LogP contribution < -0.4 is 0 Å². The Hall–Kier alpha value is -3.67. The number of carbonyl (C=O) groups excluding carboxylic acids is 3. The maximum Gasteiger partial charge on any atom is 0.306 e. The number of unbranched alkanes of at least 4 members (excludes halogenated alkanes) is 25. The second kappa shape index (κ2) is 57.9. The Balaban J connectivity index is 4.34. The van der Waals surface area contributed by atoms with E-state index in [1.54, 1.807) is 0 Å². The SMILES string of the molecule is CC/C=C\C/C=C\C/C=C\C/C=C\C/C=C\CCCCCC(=O)OC(COC(=O)CCCCCCC/C=C\CCC)COC(=O)CCCCCCCCCCCCC/C=C\C/C=C\CCCCCCC. The van der Waals surface area contributed by atoms with Gasteiger partial charge in [0, 0.05) is 19.3 Å². The molecular formula is C64H108O6. The first-order valence-electron chi connectivity index (χ1n) is 29.2. The number of hydrogen-bond donors (Lipinski definition) is 0. The topological polar surface area (TPSA) is 78.9 Å². The average molecular weight is 974 g/mol. The number of ether oxygens (including phenoxy) is 3. The van der Waals surface area contributed by atoms with Crippen molar-refractivity contribution < 1.29 is 28.6 Å². The van der Waals surface area contributed by atoms with Gasteiger partial charge in [-0.2, -0.15) is 0 Å². The lowest BCUT2D eigenvalue weighted by atomic mass is 10.0. The van der Waals surface area contributed by atoms with Crippen LogP contribution in [0.5, 0.6) is 0 Å². The molecule has 0 aromatic rings. The van der Waals surface area contributed by atoms with Crippen LogP contribution in [0.4, 0.5) is 0 Å². The summed E-state index contributed by atoms with van der Waals surface area (Å²) in [7, 11) is 0. The highest BCUT2D eigenvalue weighted by molar-refractivity contribution is 5.71. The summed E-state index contributed by atoms with van der Waals surface area (Å²) in [5.74, 6) is -0.938. The third kappa shape index (κ3) is 55.3. The monoisotopic (exact) mass is 973 g/mol. The van der Waals surface area contributed by atoms with Crippen molar-refractivity contribution in [3.8, 4) is 0 Å². The molecule has 0 saturated carbocycles. The van der Waals surface area contributed by atoms with Crippen LogP contribution in [0, 0.1) is 0 Å². The predicted octanol–water partition coefficient (Wildman–Crippen LogP) is 19.7. The lowest BCUT2D eigenvalue weighted by molar-refractivity contribution is -0.167. The highest BCUT2D eigenvalue weighted by Crippen LogP contribution is 2.15. The lowest BCUT2D eigenvalue weighted by Gasteiger charge is -2.18. The first-order valence-corrected chi connectivity index (χ1v) is 29.2. The van der Waals surface area contributed by atoms with E-state index in [0.29, 0.717) is 12.8 Å². The number of esters is 3. The number of hydrogen-bond acceptors (Lipinski definition) is 6. The smallest absolute Gasteiger partial charge is 0.306 e. The molecule has 70 heavy (non-hydrogen) atoms. The second-order valence-electron chi connectivity index (χ2n) is 19.2. The largest absolute Gasteiger partial charge is 0.462 e. The van der Waals surface area contributed by atoms with Gasteiger partial charge in [0.05, 0.1) is 0 Å². The van der Waals surface area contributed by atoms with Gasteiger partial charge in [0.2, 0.25) is 0 Å². The van der Waals surface area contributed by atoms with E-state index in [9.17, 15) is 14.4 Å². The maximum atomic E-state index is 12.8. The van der Waals surface area contributed by atoms with Crippen LogP contribution in [0.1, 0.15) is 271 Å². The summed E-state index contributed by atoms with van der Waals surface area (Å²) in [6.45, 7) is 6.42. The number of allylic oxidation sites excluding steroid dienone is 16. The minimum atomic E-state index is -0.800. The van der Waals surface area contributed by atoms with E-state index in [1.807, 2.05) is 0 Å². The third-order valence-corrected chi connectivity index (χ3v) is 12.3. The molecule has 0 saturated heterocycles. The van der Waals surface area contributed by atoms with Crippen LogP contribution in [0.25, 0.3) is 0 Å². The Kier molecular flexibility index (Phi) is 54.9. The summed E-state index contributed by atoms with van der Waals surface area (Å²) >= 11 is 0. The van der Waals surface area contributed by atoms with Crippen LogP contribution in [0.2, 0.25) is 0 Å². The molecule has 0 aliphatic rings. The van der Waals surface area contributed by atoms with Gasteiger partial charge in [-0.1, -0.05) is 234 Å². The molecule has 400 valence electrons. The fourth-order valence-corrected chi connectivity index (χ4v) is 7.91. The summed E-state index contributed by atoms with van der Waals surface area (Å²) in [6.07, 6.45) is 76.9. The molecule has 1 atom stereocenters. The zero-order chi connectivity index (χ0) is 50.7. The first kappa shape index (κ1) is 66.3. The van der Waals surface area contributed by atoms with E-state index >= 15 is 0 Å². The fraction of sp³-hybridized carbons (Fsp3) is 0.703. The van der Waals surface area contributed by atoms with E-state index < -0.39 is 6.10 Å². The van der Waals surface area contributed by atoms with Gasteiger partial charge in [-0.3, -0.25) is 14.4 Å². The van der Waals surface area contributed by atoms with Gasteiger partial charge in [-0.25, -0.2) is 0 Å². The summed E-state index contributed by atoms with van der Waals surface area (Å²) in [4.78, 5) is 38.1. The minimum absolute atomic E-state index is 0.0950. The Bertz CT molecular complexity index is 1400. The van der Waals surface area contributed by atoms with E-state index in [-0.39, 0.29) is 37.5 Å². The summed E-state index contributed by atoms with van der Waals surface area (Å²) in [5, 5.41) is 0. The molecule has 0 aliphatic carbocycles. The molecule has 0 fully saturated rings. The van der Waals surface area contributed by atoms with Gasteiger partial charge in [-0.15, -0.1) is 0 Å². The lowest BCUT2D eigenvalue weighted by Crippen LogP contribution is -2.30. The molecule has 0 aromatic carbocycles. The van der Waals surface area contributed by atoms with Gasteiger partial charge in [0.15, 0.2) is 6.10 Å². The Morgan fingerprint density at radius 2 is 0.586 bits per heavy atom. The molecule has 0 N–H and O–H groups in total. The highest BCUT2D eigenvalue weighted by Gasteiger charge is 2.19. The van der Waals surface area contributed by atoms with Crippen LogP contribution in [-0.2, 0) is 28.6 Å². The molecule has 0 amide bonds. The first-order chi connectivity index (χ1) is 34.5. The van der Waals surface area contributed by atoms with Crippen LogP contribution in [0.3, 0.4) is 0 Å². The molecule has 0 bridgehead atoms. The zero-order valence-corrected chi connectivity index (χ0v) is 45.8. The minimum Gasteiger partial charge on any atom is -0.462 e. The normalized spacial score (nSPS) is 12.8. The molecule has 6 nitrogen and oxygen atoms in total. The Morgan fingerprint density at radius 3 is 0.957 bits per heavy atom. The predicted molar refractivity (Wildman–Crippen MR) is 302 cm³/mol. The molecule has 0 rings (SSSR count). The van der Waals surface area contributed by atoms with Crippen molar-refractivity contribution in [2.45, 2.75) is 277 Å². The molecule has 6 heteroatoms. The number of carbonyl (C=O) groups is 3. The van der Waals surface area contributed by atoms with Crippen molar-refractivity contribution in [1.82, 2.24) is 0 Å². The third-order valence-electron chi connectivity index (χ3n) is 12.3. The summed E-state index contributed by atoms with van der Waals surface area (Å²) in [5.41, 5.74) is 0. The van der Waals surface area contributed by atoms with Crippen LogP contribution >= 0.6 is 0 Å². The molecule has 0 heterocycles. The van der Waals surface area contributed by atoms with Crippen LogP contribution in [-0.4, -0.2) is 37.2 Å². The van der Waals surface area contributed by atoms with Crippen molar-refractivity contribution in [3.05, 3.63) is 97.2 Å². The van der Waals surface area contributed by atoms with Crippen molar-refractivity contribution >= 4 is 17.9 Å². The number of rotatable bonds is 52. The van der Waals surface area contributed by atoms with Crippen molar-refractivity contribution in [1.29, 1.82) is 0 Å². The quantitative estimate of drug-likeness (QED) is 0.0262. The fourth-order valence-electron chi connectivity index (χ4n) is 7.91. The van der Waals surface area contributed by atoms with Gasteiger partial charge >= 0.3 is 17.9 Å². The van der Waals surface area contributed by atoms with E-state index in [2.05, 4.69) is 118 Å². The van der Waals surface area contributed by atoms with Gasteiger partial charge in [-0.05, 0) is 116 Å². The molecule has 0 radical (unpaired) electrons. The molecular weight excluding hydrogens is 865 g/mol. The van der Waals surface area contributed by atoms with Crippen molar-refractivity contribution in [2.75, 3.05) is 13.2 Å². The van der Waals surface area contributed by atoms with Gasteiger partial charge in [0.1, 0.15) is 13.2 Å². The van der Waals surface area contributed by atoms with Crippen LogP contribution in [0.15, 0.2) is 97.2 Å². The Morgan fingerprint density at radius 1 is 0.300 bits per heavy atom. The molecule has 0 aromatic heterocycles. The van der Waals surface area contributed by atoms with E-state index in [0.717, 1.165) is 122 Å². The van der Waals surface area contributed by atoms with E-state index in [4.69, 9.17) is 14.2 Å². The highest BCUT2D eigenvalue weighted by atomic mass is 16.6. The zero-order valence-electron chi connectivity index (χ0n) is 45.8. The molecule has 1 unspecified atom stereocenters. The average Bonchev–Trinajstić information content (AvgIpc) is 3.36. The van der Waals surface area contributed by atoms with E-state index in [1.165, 1.54) is 109 Å². The second-order valence-corrected chi connectivity index (χ2v) is 19.2. The molecule has 0 spiro atoms. The maximum absolute atomic E-state index is 12.8. The molecule has 0 aliphatic heterocycles. The van der Waals surface area contributed by atoms with Gasteiger partial charge in [0.25, 0.3) is 0 Å².